The van der Waals surface area contributed by atoms with Crippen molar-refractivity contribution in [2.75, 3.05) is 0 Å². The molecule has 0 spiro atoms. The lowest BCUT2D eigenvalue weighted by Gasteiger charge is -2.36. The second-order valence-electron chi connectivity index (χ2n) is 3.79. The van der Waals surface area contributed by atoms with Crippen LogP contribution in [0.2, 0.25) is 0 Å². The van der Waals surface area contributed by atoms with Crippen LogP contribution >= 0.6 is 0 Å². The maximum absolute atomic E-state index is 12.7. The Morgan fingerprint density at radius 3 is 2.20 bits per heavy atom. The highest BCUT2D eigenvalue weighted by Gasteiger charge is 2.51. The number of hydrogen-bond donors (Lipinski definition) is 1. The van der Waals surface area contributed by atoms with Gasteiger partial charge in [0.1, 0.15) is 17.0 Å². The van der Waals surface area contributed by atoms with E-state index < -0.39 is 17.2 Å². The second-order valence-corrected chi connectivity index (χ2v) is 3.79. The Balaban J connectivity index is 2.38. The van der Waals surface area contributed by atoms with Crippen molar-refractivity contribution in [2.45, 2.75) is 18.3 Å². The van der Waals surface area contributed by atoms with Gasteiger partial charge in [0.05, 0.1) is 0 Å². The summed E-state index contributed by atoms with van der Waals surface area (Å²) in [5, 5.41) is 9.08. The first-order chi connectivity index (χ1) is 7.04. The first-order valence-corrected chi connectivity index (χ1v) is 4.56. The molecule has 0 saturated heterocycles. The highest BCUT2D eigenvalue weighted by molar-refractivity contribution is 6.01. The summed E-state index contributed by atoms with van der Waals surface area (Å²) in [6, 6.07) is 5.28. The normalized spacial score (nSPS) is 18.3. The van der Waals surface area contributed by atoms with Crippen LogP contribution in [0, 0.1) is 5.82 Å². The van der Waals surface area contributed by atoms with E-state index in [1.54, 1.807) is 0 Å². The molecule has 0 bridgehead atoms. The average Bonchev–Trinajstić information content (AvgIpc) is 2.13. The lowest BCUT2D eigenvalue weighted by molar-refractivity contribution is -0.153. The molecule has 0 amide bonds. The molecule has 1 fully saturated rings. The maximum atomic E-state index is 12.7. The molecule has 78 valence electrons. The highest BCUT2D eigenvalue weighted by atomic mass is 19.1. The predicted octanol–water partition coefficient (Wildman–Crippen LogP) is 1.51. The molecule has 1 aromatic carbocycles. The molecule has 1 N–H and O–H groups in total. The quantitative estimate of drug-likeness (QED) is 0.801. The summed E-state index contributed by atoms with van der Waals surface area (Å²) in [6.07, 6.45) is 0.0158. The van der Waals surface area contributed by atoms with Gasteiger partial charge in [0, 0.05) is 12.8 Å². The molecule has 3 nitrogen and oxygen atoms in total. The van der Waals surface area contributed by atoms with Crippen LogP contribution in [0.5, 0.6) is 0 Å². The second kappa shape index (κ2) is 3.15. The molecule has 15 heavy (non-hydrogen) atoms. The zero-order chi connectivity index (χ0) is 11.1. The molecule has 2 rings (SSSR count). The lowest BCUT2D eigenvalue weighted by atomic mass is 9.64. The first kappa shape index (κ1) is 9.83. The number of benzene rings is 1. The van der Waals surface area contributed by atoms with Crippen molar-refractivity contribution in [3.05, 3.63) is 35.6 Å². The van der Waals surface area contributed by atoms with Crippen LogP contribution < -0.4 is 0 Å². The van der Waals surface area contributed by atoms with Crippen molar-refractivity contribution in [2.24, 2.45) is 0 Å². The number of aliphatic carboxylic acids is 1. The Morgan fingerprint density at radius 1 is 1.27 bits per heavy atom. The number of carbonyl (C=O) groups is 2. The van der Waals surface area contributed by atoms with E-state index in [-0.39, 0.29) is 18.6 Å². The molecule has 0 radical (unpaired) electrons. The Bertz CT molecular complexity index is 414. The molecule has 1 saturated carbocycles. The zero-order valence-corrected chi connectivity index (χ0v) is 7.87. The van der Waals surface area contributed by atoms with E-state index in [1.165, 1.54) is 24.3 Å². The molecule has 0 atom stereocenters. The van der Waals surface area contributed by atoms with Crippen LogP contribution in [0.1, 0.15) is 18.4 Å². The molecule has 0 heterocycles. The van der Waals surface area contributed by atoms with E-state index in [1.807, 2.05) is 0 Å². The van der Waals surface area contributed by atoms with Crippen molar-refractivity contribution in [1.29, 1.82) is 0 Å². The Morgan fingerprint density at radius 2 is 1.80 bits per heavy atom. The van der Waals surface area contributed by atoms with Crippen LogP contribution in [-0.4, -0.2) is 16.9 Å². The minimum absolute atomic E-state index is 0.00790. The number of carboxylic acid groups (broad SMARTS) is 1. The molecule has 1 aliphatic rings. The van der Waals surface area contributed by atoms with Crippen molar-refractivity contribution in [3.63, 3.8) is 0 Å². The third-order valence-electron chi connectivity index (χ3n) is 2.80. The smallest absolute Gasteiger partial charge is 0.315 e. The minimum Gasteiger partial charge on any atom is -0.481 e. The van der Waals surface area contributed by atoms with Crippen molar-refractivity contribution in [1.82, 2.24) is 0 Å². The van der Waals surface area contributed by atoms with Crippen LogP contribution in [0.4, 0.5) is 4.39 Å². The fourth-order valence-electron chi connectivity index (χ4n) is 1.87. The van der Waals surface area contributed by atoms with Crippen LogP contribution in [0.15, 0.2) is 24.3 Å². The fraction of sp³-hybridized carbons (Fsp3) is 0.273. The third kappa shape index (κ3) is 1.42. The standard InChI is InChI=1S/C11H9FO3/c12-8-3-1-7(2-4-8)11(10(14)15)5-9(13)6-11/h1-4H,5-6H2,(H,14,15). The van der Waals surface area contributed by atoms with Gasteiger partial charge in [0.25, 0.3) is 0 Å². The van der Waals surface area contributed by atoms with E-state index in [0.29, 0.717) is 5.56 Å². The van der Waals surface area contributed by atoms with Crippen LogP contribution in [0.25, 0.3) is 0 Å². The number of ketones is 1. The predicted molar refractivity (Wildman–Crippen MR) is 50.0 cm³/mol. The summed E-state index contributed by atoms with van der Waals surface area (Å²) in [5.41, 5.74) is -0.624. The van der Waals surface area contributed by atoms with Gasteiger partial charge in [-0.15, -0.1) is 0 Å². The largest absolute Gasteiger partial charge is 0.481 e. The number of hydrogen-bond acceptors (Lipinski definition) is 2. The Labute approximate surface area is 85.5 Å². The van der Waals surface area contributed by atoms with Gasteiger partial charge >= 0.3 is 5.97 Å². The van der Waals surface area contributed by atoms with Gasteiger partial charge in [0.2, 0.25) is 0 Å². The fourth-order valence-corrected chi connectivity index (χ4v) is 1.87. The van der Waals surface area contributed by atoms with Gasteiger partial charge in [-0.25, -0.2) is 4.39 Å². The summed E-state index contributed by atoms with van der Waals surface area (Å²) >= 11 is 0. The molecule has 1 aliphatic carbocycles. The van der Waals surface area contributed by atoms with Crippen molar-refractivity contribution < 1.29 is 19.1 Å². The molecule has 4 heteroatoms. The monoisotopic (exact) mass is 208 g/mol. The van der Waals surface area contributed by atoms with Gasteiger partial charge in [0.15, 0.2) is 0 Å². The van der Waals surface area contributed by atoms with Gasteiger partial charge in [-0.2, -0.15) is 0 Å². The van der Waals surface area contributed by atoms with E-state index in [0.717, 1.165) is 0 Å². The Hall–Kier alpha value is -1.71. The van der Waals surface area contributed by atoms with Gasteiger partial charge in [-0.3, -0.25) is 9.59 Å². The summed E-state index contributed by atoms with van der Waals surface area (Å²) in [5.74, 6) is -1.50. The third-order valence-corrected chi connectivity index (χ3v) is 2.80. The van der Waals surface area contributed by atoms with Gasteiger partial charge < -0.3 is 5.11 Å². The van der Waals surface area contributed by atoms with Crippen LogP contribution in [-0.2, 0) is 15.0 Å². The van der Waals surface area contributed by atoms with Crippen molar-refractivity contribution >= 4 is 11.8 Å². The topological polar surface area (TPSA) is 54.4 Å². The lowest BCUT2D eigenvalue weighted by Crippen LogP contribution is -2.48. The molecule has 0 unspecified atom stereocenters. The Kier molecular flexibility index (Phi) is 2.07. The molecular formula is C11H9FO3. The zero-order valence-electron chi connectivity index (χ0n) is 7.87. The number of Topliss-reactive ketones (excluding diaryl/α,β-unsaturated/α-hetero) is 1. The number of rotatable bonds is 2. The number of carboxylic acids is 1. The molecule has 1 aromatic rings. The maximum Gasteiger partial charge on any atom is 0.315 e. The van der Waals surface area contributed by atoms with E-state index in [4.69, 9.17) is 5.11 Å². The van der Waals surface area contributed by atoms with E-state index in [2.05, 4.69) is 0 Å². The van der Waals surface area contributed by atoms with E-state index >= 15 is 0 Å². The number of carbonyl (C=O) groups excluding carboxylic acids is 1. The SMILES string of the molecule is O=C1CC(C(=O)O)(c2ccc(F)cc2)C1. The molecule has 0 aliphatic heterocycles. The van der Waals surface area contributed by atoms with Crippen LogP contribution in [0.3, 0.4) is 0 Å². The van der Waals surface area contributed by atoms with E-state index in [9.17, 15) is 14.0 Å². The summed E-state index contributed by atoms with van der Waals surface area (Å²) in [6.45, 7) is 0. The summed E-state index contributed by atoms with van der Waals surface area (Å²) < 4.78 is 12.7. The first-order valence-electron chi connectivity index (χ1n) is 4.56. The number of halogens is 1. The molecular weight excluding hydrogens is 199 g/mol. The van der Waals surface area contributed by atoms with Gasteiger partial charge in [-0.05, 0) is 17.7 Å². The van der Waals surface area contributed by atoms with Gasteiger partial charge in [-0.1, -0.05) is 12.1 Å². The summed E-state index contributed by atoms with van der Waals surface area (Å²) in [4.78, 5) is 22.0. The highest BCUT2D eigenvalue weighted by Crippen LogP contribution is 2.41. The molecule has 0 aromatic heterocycles. The minimum atomic E-state index is -1.12. The summed E-state index contributed by atoms with van der Waals surface area (Å²) in [7, 11) is 0. The van der Waals surface area contributed by atoms with Crippen molar-refractivity contribution in [3.8, 4) is 0 Å². The average molecular weight is 208 g/mol.